The number of pyridine rings is 1. The van der Waals surface area contributed by atoms with Gasteiger partial charge in [0.05, 0.1) is 4.90 Å². The second-order valence-electron chi connectivity index (χ2n) is 11.5. The monoisotopic (exact) mass is 601 g/mol. The lowest BCUT2D eigenvalue weighted by atomic mass is 9.94. The van der Waals surface area contributed by atoms with Gasteiger partial charge in [-0.1, -0.05) is 32.0 Å². The van der Waals surface area contributed by atoms with Gasteiger partial charge in [-0.15, -0.1) is 0 Å². The van der Waals surface area contributed by atoms with Crippen molar-refractivity contribution in [3.05, 3.63) is 82.3 Å². The van der Waals surface area contributed by atoms with Crippen LogP contribution in [0.5, 0.6) is 0 Å². The fourth-order valence-corrected chi connectivity index (χ4v) is 7.82. The minimum atomic E-state index is -3.82. The van der Waals surface area contributed by atoms with Crippen LogP contribution in [0.4, 0.5) is 17.3 Å². The molecule has 1 atom stereocenters. The van der Waals surface area contributed by atoms with Crippen LogP contribution < -0.4 is 25.8 Å². The van der Waals surface area contributed by atoms with Crippen molar-refractivity contribution in [1.29, 1.82) is 0 Å². The average molecular weight is 602 g/mol. The molecule has 11 heteroatoms. The minimum absolute atomic E-state index is 0.0370. The predicted molar refractivity (Wildman–Crippen MR) is 171 cm³/mol. The van der Waals surface area contributed by atoms with Gasteiger partial charge in [0.2, 0.25) is 16.0 Å². The summed E-state index contributed by atoms with van der Waals surface area (Å²) in [6.45, 7) is 6.18. The van der Waals surface area contributed by atoms with Crippen molar-refractivity contribution in [2.45, 2.75) is 69.0 Å². The summed E-state index contributed by atoms with van der Waals surface area (Å²) >= 11 is 0. The first-order valence-electron chi connectivity index (χ1n) is 15.1. The van der Waals surface area contributed by atoms with Crippen LogP contribution in [0.3, 0.4) is 0 Å². The van der Waals surface area contributed by atoms with Crippen molar-refractivity contribution in [1.82, 2.24) is 24.6 Å². The van der Waals surface area contributed by atoms with Crippen molar-refractivity contribution < 1.29 is 8.42 Å². The van der Waals surface area contributed by atoms with E-state index < -0.39 is 16.2 Å². The molecule has 43 heavy (non-hydrogen) atoms. The van der Waals surface area contributed by atoms with E-state index in [1.807, 2.05) is 24.3 Å². The van der Waals surface area contributed by atoms with E-state index >= 15 is 0 Å². The van der Waals surface area contributed by atoms with Crippen LogP contribution in [0.2, 0.25) is 0 Å². The number of sulfonamides is 1. The standard InChI is InChI=1S/C32H39N7O3S/c1-4-21(5-2)27-18-23-20-34-32(35-24-10-12-25(13-11-24)38(3)26-14-16-33-17-15-26)36-30(23)39(31(27)40)29-19-22-8-6-7-9-28(22)43(41,42)37-29/h6-13,18,20-21,26,29,33,37H,4-5,14-17,19H2,1-3H3,(H,34,35,36). The van der Waals surface area contributed by atoms with Crippen molar-refractivity contribution in [2.24, 2.45) is 0 Å². The van der Waals surface area contributed by atoms with Gasteiger partial charge in [-0.05, 0) is 86.7 Å². The van der Waals surface area contributed by atoms with Gasteiger partial charge in [0, 0.05) is 48.0 Å². The summed E-state index contributed by atoms with van der Waals surface area (Å²) in [5.74, 6) is 0.365. The molecule has 0 bridgehead atoms. The van der Waals surface area contributed by atoms with Gasteiger partial charge in [-0.2, -0.15) is 9.71 Å². The third kappa shape index (κ3) is 5.76. The highest BCUT2D eigenvalue weighted by Crippen LogP contribution is 2.30. The van der Waals surface area contributed by atoms with Gasteiger partial charge >= 0.3 is 0 Å². The molecule has 0 aliphatic carbocycles. The zero-order valence-electron chi connectivity index (χ0n) is 24.9. The Labute approximate surface area is 252 Å². The maximum atomic E-state index is 14.1. The van der Waals surface area contributed by atoms with Gasteiger partial charge in [0.15, 0.2) is 0 Å². The molecule has 2 aromatic heterocycles. The Morgan fingerprint density at radius 1 is 1.07 bits per heavy atom. The molecule has 2 aliphatic heterocycles. The Morgan fingerprint density at radius 3 is 2.51 bits per heavy atom. The molecule has 1 saturated heterocycles. The summed E-state index contributed by atoms with van der Waals surface area (Å²) in [4.78, 5) is 26.0. The summed E-state index contributed by atoms with van der Waals surface area (Å²) in [6, 6.07) is 17.4. The van der Waals surface area contributed by atoms with Gasteiger partial charge in [-0.25, -0.2) is 13.4 Å². The molecule has 2 aromatic carbocycles. The molecule has 0 spiro atoms. The summed E-state index contributed by atoms with van der Waals surface area (Å²) in [5.41, 5.74) is 3.42. The van der Waals surface area contributed by atoms with E-state index in [9.17, 15) is 13.2 Å². The van der Waals surface area contributed by atoms with Crippen LogP contribution in [-0.2, 0) is 16.4 Å². The molecule has 4 heterocycles. The fraction of sp³-hybridized carbons (Fsp3) is 0.406. The van der Waals surface area contributed by atoms with E-state index in [4.69, 9.17) is 4.98 Å². The number of piperidine rings is 1. The summed E-state index contributed by atoms with van der Waals surface area (Å²) in [6.07, 6.45) is 5.03. The Hall–Kier alpha value is -3.80. The first kappa shape index (κ1) is 29.3. The highest BCUT2D eigenvalue weighted by atomic mass is 32.2. The van der Waals surface area contributed by atoms with Crippen molar-refractivity contribution >= 4 is 38.4 Å². The number of hydrogen-bond acceptors (Lipinski definition) is 8. The van der Waals surface area contributed by atoms with Crippen molar-refractivity contribution in [2.75, 3.05) is 30.4 Å². The van der Waals surface area contributed by atoms with Gasteiger partial charge in [0.25, 0.3) is 5.56 Å². The van der Waals surface area contributed by atoms with E-state index in [1.165, 1.54) is 4.57 Å². The molecule has 10 nitrogen and oxygen atoms in total. The number of benzene rings is 2. The maximum absolute atomic E-state index is 14.1. The van der Waals surface area contributed by atoms with Crippen LogP contribution in [-0.4, -0.2) is 49.1 Å². The topological polar surface area (TPSA) is 121 Å². The Bertz CT molecular complexity index is 1780. The fourth-order valence-electron chi connectivity index (χ4n) is 6.40. The second kappa shape index (κ2) is 12.1. The number of fused-ring (bicyclic) bond motifs is 2. The molecule has 3 N–H and O–H groups in total. The third-order valence-electron chi connectivity index (χ3n) is 8.89. The lowest BCUT2D eigenvalue weighted by Gasteiger charge is -2.33. The van der Waals surface area contributed by atoms with Crippen LogP contribution >= 0.6 is 0 Å². The van der Waals surface area contributed by atoms with E-state index in [0.29, 0.717) is 40.6 Å². The molecule has 0 amide bonds. The first-order chi connectivity index (χ1) is 20.8. The molecular weight excluding hydrogens is 562 g/mol. The molecule has 1 unspecified atom stereocenters. The van der Waals surface area contributed by atoms with Crippen LogP contribution in [0.15, 0.2) is 70.5 Å². The Kier molecular flexibility index (Phi) is 8.21. The maximum Gasteiger partial charge on any atom is 0.257 e. The lowest BCUT2D eigenvalue weighted by Crippen LogP contribution is -2.43. The number of nitrogens with one attached hydrogen (secondary N) is 3. The van der Waals surface area contributed by atoms with Gasteiger partial charge in [-0.3, -0.25) is 9.36 Å². The quantitative estimate of drug-likeness (QED) is 0.267. The summed E-state index contributed by atoms with van der Waals surface area (Å²) in [7, 11) is -1.69. The van der Waals surface area contributed by atoms with Crippen molar-refractivity contribution in [3.8, 4) is 0 Å². The molecular formula is C32H39N7O3S. The smallest absolute Gasteiger partial charge is 0.257 e. The molecule has 6 rings (SSSR count). The zero-order valence-corrected chi connectivity index (χ0v) is 25.7. The van der Waals surface area contributed by atoms with Gasteiger partial charge in [0.1, 0.15) is 11.8 Å². The van der Waals surface area contributed by atoms with Crippen LogP contribution in [0.1, 0.15) is 62.7 Å². The minimum Gasteiger partial charge on any atom is -0.372 e. The largest absolute Gasteiger partial charge is 0.372 e. The number of hydrogen-bond donors (Lipinski definition) is 3. The predicted octanol–water partition coefficient (Wildman–Crippen LogP) is 4.66. The SMILES string of the molecule is CCC(CC)c1cc2cnc(Nc3ccc(N(C)C4CCNCC4)cc3)nc2n(C2Cc3ccccc3S(=O)(=O)N2)c1=O. The molecule has 4 aromatic rings. The highest BCUT2D eigenvalue weighted by molar-refractivity contribution is 7.89. The number of rotatable bonds is 8. The molecule has 0 saturated carbocycles. The number of anilines is 3. The normalized spacial score (nSPS) is 18.5. The lowest BCUT2D eigenvalue weighted by molar-refractivity contribution is 0.437. The van der Waals surface area contributed by atoms with Crippen LogP contribution in [0.25, 0.3) is 11.0 Å². The highest BCUT2D eigenvalue weighted by Gasteiger charge is 2.33. The van der Waals surface area contributed by atoms with E-state index in [1.54, 1.807) is 24.4 Å². The third-order valence-corrected chi connectivity index (χ3v) is 10.5. The molecule has 2 aliphatic rings. The molecule has 1 fully saturated rings. The number of nitrogens with zero attached hydrogens (tertiary/aromatic N) is 4. The summed E-state index contributed by atoms with van der Waals surface area (Å²) < 4.78 is 30.8. The number of aromatic nitrogens is 3. The zero-order chi connectivity index (χ0) is 30.1. The molecule has 226 valence electrons. The second-order valence-corrected chi connectivity index (χ2v) is 13.2. The first-order valence-corrected chi connectivity index (χ1v) is 16.6. The Balaban J connectivity index is 1.37. The van der Waals surface area contributed by atoms with E-state index in [-0.39, 0.29) is 16.4 Å². The average Bonchev–Trinajstić information content (AvgIpc) is 3.02. The van der Waals surface area contributed by atoms with E-state index in [2.05, 4.69) is 58.3 Å². The van der Waals surface area contributed by atoms with E-state index in [0.717, 1.165) is 50.1 Å². The van der Waals surface area contributed by atoms with Gasteiger partial charge < -0.3 is 15.5 Å². The molecule has 0 radical (unpaired) electrons. The Morgan fingerprint density at radius 2 is 1.79 bits per heavy atom. The van der Waals surface area contributed by atoms with Crippen molar-refractivity contribution in [3.63, 3.8) is 0 Å². The van der Waals surface area contributed by atoms with Crippen LogP contribution in [0, 0.1) is 0 Å². The summed E-state index contributed by atoms with van der Waals surface area (Å²) in [5, 5.41) is 7.38.